The summed E-state index contributed by atoms with van der Waals surface area (Å²) in [7, 11) is 0. The second-order valence-corrected chi connectivity index (χ2v) is 5.73. The van der Waals surface area contributed by atoms with Crippen molar-refractivity contribution in [3.05, 3.63) is 0 Å². The van der Waals surface area contributed by atoms with Gasteiger partial charge in [-0.25, -0.2) is 4.79 Å². The Kier molecular flexibility index (Phi) is 6.26. The van der Waals surface area contributed by atoms with Crippen molar-refractivity contribution in [1.29, 1.82) is 0 Å². The molecule has 1 fully saturated rings. The third-order valence-electron chi connectivity index (χ3n) is 4.28. The fourth-order valence-electron chi connectivity index (χ4n) is 2.44. The van der Waals surface area contributed by atoms with Crippen LogP contribution in [0.5, 0.6) is 0 Å². The van der Waals surface area contributed by atoms with Crippen LogP contribution in [-0.2, 0) is 4.79 Å². The first kappa shape index (κ1) is 16.8. The number of nitrogens with zero attached hydrogens (tertiary/aromatic N) is 1. The largest absolute Gasteiger partial charge is 0.481 e. The molecular weight excluding hydrogens is 260 g/mol. The Hall–Kier alpha value is -1.30. The molecule has 2 unspecified atom stereocenters. The highest BCUT2D eigenvalue weighted by Gasteiger charge is 2.33. The third-order valence-corrected chi connectivity index (χ3v) is 4.28. The molecule has 0 bridgehead atoms. The zero-order chi connectivity index (χ0) is 15.2. The zero-order valence-corrected chi connectivity index (χ0v) is 12.4. The van der Waals surface area contributed by atoms with Gasteiger partial charge in [-0.3, -0.25) is 4.79 Å². The quantitative estimate of drug-likeness (QED) is 0.689. The molecule has 0 saturated carbocycles. The van der Waals surface area contributed by atoms with E-state index in [2.05, 4.69) is 5.32 Å². The average molecular weight is 286 g/mol. The van der Waals surface area contributed by atoms with Crippen molar-refractivity contribution >= 4 is 12.0 Å². The second-order valence-electron chi connectivity index (χ2n) is 5.73. The van der Waals surface area contributed by atoms with Crippen LogP contribution in [0.3, 0.4) is 0 Å². The number of carboxylic acids is 1. The van der Waals surface area contributed by atoms with E-state index in [4.69, 9.17) is 5.11 Å². The summed E-state index contributed by atoms with van der Waals surface area (Å²) in [5.74, 6) is -0.897. The molecular formula is C14H26N2O4. The molecule has 6 nitrogen and oxygen atoms in total. The van der Waals surface area contributed by atoms with Gasteiger partial charge in [-0.1, -0.05) is 6.92 Å². The number of aliphatic hydroxyl groups is 1. The standard InChI is InChI=1S/C14H26N2O4/c1-3-14(2,12(18)19)10-15-13(20)16-8-5-4-6-11(16)7-9-17/h11,17H,3-10H2,1-2H3,(H,15,20)(H,18,19). The second kappa shape index (κ2) is 7.47. The maximum Gasteiger partial charge on any atom is 0.317 e. The van der Waals surface area contributed by atoms with Crippen LogP contribution in [-0.4, -0.2) is 52.9 Å². The van der Waals surface area contributed by atoms with E-state index in [-0.39, 0.29) is 25.2 Å². The summed E-state index contributed by atoms with van der Waals surface area (Å²) in [6, 6.07) is -0.157. The monoisotopic (exact) mass is 286 g/mol. The molecule has 0 spiro atoms. The smallest absolute Gasteiger partial charge is 0.317 e. The van der Waals surface area contributed by atoms with E-state index < -0.39 is 11.4 Å². The zero-order valence-electron chi connectivity index (χ0n) is 12.4. The normalized spacial score (nSPS) is 22.1. The minimum absolute atomic E-state index is 0.0615. The van der Waals surface area contributed by atoms with Gasteiger partial charge in [-0.15, -0.1) is 0 Å². The number of piperidine rings is 1. The van der Waals surface area contributed by atoms with Gasteiger partial charge < -0.3 is 20.4 Å². The highest BCUT2D eigenvalue weighted by molar-refractivity contribution is 5.78. The van der Waals surface area contributed by atoms with E-state index in [0.29, 0.717) is 19.4 Å². The van der Waals surface area contributed by atoms with Crippen molar-refractivity contribution < 1.29 is 19.8 Å². The van der Waals surface area contributed by atoms with Crippen LogP contribution in [0.4, 0.5) is 4.79 Å². The Balaban J connectivity index is 2.58. The van der Waals surface area contributed by atoms with Crippen LogP contribution in [0.25, 0.3) is 0 Å². The average Bonchev–Trinajstić information content (AvgIpc) is 2.45. The van der Waals surface area contributed by atoms with Crippen molar-refractivity contribution in [2.45, 2.75) is 52.0 Å². The predicted molar refractivity (Wildman–Crippen MR) is 75.5 cm³/mol. The molecule has 3 N–H and O–H groups in total. The summed E-state index contributed by atoms with van der Waals surface area (Å²) in [5, 5.41) is 21.0. The third kappa shape index (κ3) is 4.10. The van der Waals surface area contributed by atoms with Crippen LogP contribution >= 0.6 is 0 Å². The topological polar surface area (TPSA) is 89.9 Å². The number of aliphatic carboxylic acids is 1. The molecule has 116 valence electrons. The van der Waals surface area contributed by atoms with E-state index in [0.717, 1.165) is 19.3 Å². The Labute approximate surface area is 120 Å². The van der Waals surface area contributed by atoms with Gasteiger partial charge in [0, 0.05) is 25.7 Å². The highest BCUT2D eigenvalue weighted by Crippen LogP contribution is 2.22. The predicted octanol–water partition coefficient (Wildman–Crippen LogP) is 1.43. The number of hydrogen-bond acceptors (Lipinski definition) is 3. The summed E-state index contributed by atoms with van der Waals surface area (Å²) in [6.07, 6.45) is 3.97. The van der Waals surface area contributed by atoms with Crippen molar-refractivity contribution in [3.63, 3.8) is 0 Å². The van der Waals surface area contributed by atoms with Crippen LogP contribution in [0, 0.1) is 5.41 Å². The summed E-state index contributed by atoms with van der Waals surface area (Å²) in [4.78, 5) is 25.2. The molecule has 2 atom stereocenters. The Morgan fingerprint density at radius 3 is 2.65 bits per heavy atom. The molecule has 0 radical (unpaired) electrons. The van der Waals surface area contributed by atoms with E-state index in [1.54, 1.807) is 18.7 Å². The first-order valence-electron chi connectivity index (χ1n) is 7.33. The molecule has 0 aromatic carbocycles. The maximum atomic E-state index is 12.2. The molecule has 1 aliphatic heterocycles. The fraction of sp³-hybridized carbons (Fsp3) is 0.857. The molecule has 6 heteroatoms. The van der Waals surface area contributed by atoms with Crippen molar-refractivity contribution in [3.8, 4) is 0 Å². The van der Waals surface area contributed by atoms with Gasteiger partial charge in [0.2, 0.25) is 0 Å². The van der Waals surface area contributed by atoms with Gasteiger partial charge in [0.1, 0.15) is 0 Å². The summed E-state index contributed by atoms with van der Waals surface area (Å²) < 4.78 is 0. The molecule has 2 amide bonds. The lowest BCUT2D eigenvalue weighted by Gasteiger charge is -2.36. The number of aliphatic hydroxyl groups excluding tert-OH is 1. The van der Waals surface area contributed by atoms with Gasteiger partial charge >= 0.3 is 12.0 Å². The Morgan fingerprint density at radius 1 is 1.40 bits per heavy atom. The van der Waals surface area contributed by atoms with E-state index >= 15 is 0 Å². The maximum absolute atomic E-state index is 12.2. The summed E-state index contributed by atoms with van der Waals surface area (Å²) in [5.41, 5.74) is -0.933. The number of carbonyl (C=O) groups excluding carboxylic acids is 1. The van der Waals surface area contributed by atoms with Gasteiger partial charge in [-0.2, -0.15) is 0 Å². The fourth-order valence-corrected chi connectivity index (χ4v) is 2.44. The Morgan fingerprint density at radius 2 is 2.10 bits per heavy atom. The van der Waals surface area contributed by atoms with Gasteiger partial charge in [0.05, 0.1) is 5.41 Å². The van der Waals surface area contributed by atoms with Crippen LogP contribution in [0.2, 0.25) is 0 Å². The number of carbonyl (C=O) groups is 2. The highest BCUT2D eigenvalue weighted by atomic mass is 16.4. The van der Waals surface area contributed by atoms with E-state index in [1.807, 2.05) is 0 Å². The number of hydrogen-bond donors (Lipinski definition) is 3. The molecule has 0 aliphatic carbocycles. The molecule has 1 saturated heterocycles. The number of likely N-dealkylation sites (tertiary alicyclic amines) is 1. The minimum atomic E-state index is -0.933. The number of amides is 2. The Bertz CT molecular complexity index is 346. The van der Waals surface area contributed by atoms with Gasteiger partial charge in [-0.05, 0) is 39.0 Å². The SMILES string of the molecule is CCC(C)(CNC(=O)N1CCCCC1CCO)C(=O)O. The molecule has 1 aliphatic rings. The van der Waals surface area contributed by atoms with E-state index in [1.165, 1.54) is 0 Å². The van der Waals surface area contributed by atoms with Crippen molar-refractivity contribution in [2.75, 3.05) is 19.7 Å². The first-order chi connectivity index (χ1) is 9.44. The lowest BCUT2D eigenvalue weighted by atomic mass is 9.88. The van der Waals surface area contributed by atoms with Crippen molar-refractivity contribution in [1.82, 2.24) is 10.2 Å². The van der Waals surface area contributed by atoms with Gasteiger partial charge in [0.25, 0.3) is 0 Å². The lowest BCUT2D eigenvalue weighted by molar-refractivity contribution is -0.147. The van der Waals surface area contributed by atoms with Crippen LogP contribution < -0.4 is 5.32 Å². The van der Waals surface area contributed by atoms with Crippen LogP contribution in [0.15, 0.2) is 0 Å². The minimum Gasteiger partial charge on any atom is -0.481 e. The number of urea groups is 1. The number of nitrogens with one attached hydrogen (secondary N) is 1. The molecule has 1 heterocycles. The molecule has 0 aromatic heterocycles. The molecule has 0 aromatic rings. The first-order valence-corrected chi connectivity index (χ1v) is 7.33. The number of carboxylic acid groups (broad SMARTS) is 1. The lowest BCUT2D eigenvalue weighted by Crippen LogP contribution is -2.51. The van der Waals surface area contributed by atoms with Crippen molar-refractivity contribution in [2.24, 2.45) is 5.41 Å². The molecule has 20 heavy (non-hydrogen) atoms. The summed E-state index contributed by atoms with van der Waals surface area (Å²) in [6.45, 7) is 4.30. The molecule has 1 rings (SSSR count). The summed E-state index contributed by atoms with van der Waals surface area (Å²) >= 11 is 0. The number of rotatable bonds is 6. The van der Waals surface area contributed by atoms with Gasteiger partial charge in [0.15, 0.2) is 0 Å². The van der Waals surface area contributed by atoms with Crippen LogP contribution in [0.1, 0.15) is 46.0 Å². The van der Waals surface area contributed by atoms with E-state index in [9.17, 15) is 14.7 Å².